The first-order chi connectivity index (χ1) is 9.93. The van der Waals surface area contributed by atoms with Crippen LogP contribution in [0, 0.1) is 0 Å². The summed E-state index contributed by atoms with van der Waals surface area (Å²) in [5, 5.41) is 12.0. The zero-order chi connectivity index (χ0) is 15.8. The molecule has 7 heteroatoms. The molecule has 0 saturated carbocycles. The number of aliphatic carboxylic acids is 1. The third-order valence-corrected chi connectivity index (χ3v) is 3.59. The van der Waals surface area contributed by atoms with E-state index >= 15 is 0 Å². The Hall–Kier alpha value is -1.27. The van der Waals surface area contributed by atoms with Gasteiger partial charge in [0.2, 0.25) is 0 Å². The summed E-state index contributed by atoms with van der Waals surface area (Å²) in [5.41, 5.74) is 0. The second-order valence-electron chi connectivity index (χ2n) is 4.46. The van der Waals surface area contributed by atoms with Crippen molar-refractivity contribution >= 4 is 39.4 Å². The number of carbonyl (C=O) groups is 2. The van der Waals surface area contributed by atoms with Crippen LogP contribution in [0.3, 0.4) is 0 Å². The molecule has 1 amide bonds. The van der Waals surface area contributed by atoms with E-state index in [4.69, 9.17) is 21.4 Å². The van der Waals surface area contributed by atoms with Gasteiger partial charge in [0.05, 0.1) is 4.47 Å². The number of unbranched alkanes of at least 4 members (excludes halogenated alkanes) is 1. The van der Waals surface area contributed by atoms with E-state index in [1.807, 2.05) is 6.92 Å². The van der Waals surface area contributed by atoms with E-state index < -0.39 is 17.9 Å². The Bertz CT molecular complexity index is 510. The molecule has 0 aliphatic carbocycles. The number of nitrogens with one attached hydrogen (secondary N) is 1. The lowest BCUT2D eigenvalue weighted by molar-refractivity contribution is -0.142. The number of carboxylic acid groups (broad SMARTS) is 1. The largest absolute Gasteiger partial charge is 0.483 e. The van der Waals surface area contributed by atoms with Gasteiger partial charge in [-0.05, 0) is 40.5 Å². The monoisotopic (exact) mass is 377 g/mol. The maximum absolute atomic E-state index is 11.7. The van der Waals surface area contributed by atoms with Crippen molar-refractivity contribution in [2.45, 2.75) is 32.2 Å². The number of hydrogen-bond acceptors (Lipinski definition) is 3. The fraction of sp³-hybridized carbons (Fsp3) is 0.429. The molecule has 1 atom stereocenters. The summed E-state index contributed by atoms with van der Waals surface area (Å²) in [7, 11) is 0. The zero-order valence-electron chi connectivity index (χ0n) is 11.6. The van der Waals surface area contributed by atoms with Crippen molar-refractivity contribution in [3.8, 4) is 5.75 Å². The molecule has 0 aliphatic rings. The van der Waals surface area contributed by atoms with Gasteiger partial charge in [0.25, 0.3) is 5.91 Å². The number of amides is 1. The zero-order valence-corrected chi connectivity index (χ0v) is 13.9. The van der Waals surface area contributed by atoms with Gasteiger partial charge in [-0.15, -0.1) is 0 Å². The summed E-state index contributed by atoms with van der Waals surface area (Å²) in [6, 6.07) is 4.04. The van der Waals surface area contributed by atoms with Crippen molar-refractivity contribution < 1.29 is 19.4 Å². The second kappa shape index (κ2) is 8.89. The van der Waals surface area contributed by atoms with Crippen molar-refractivity contribution in [3.63, 3.8) is 0 Å². The highest BCUT2D eigenvalue weighted by atomic mass is 79.9. The lowest BCUT2D eigenvalue weighted by Crippen LogP contribution is -2.42. The first kappa shape index (κ1) is 17.8. The van der Waals surface area contributed by atoms with Gasteiger partial charge in [0.1, 0.15) is 11.8 Å². The van der Waals surface area contributed by atoms with Crippen molar-refractivity contribution in [1.82, 2.24) is 5.32 Å². The van der Waals surface area contributed by atoms with Crippen molar-refractivity contribution in [2.75, 3.05) is 6.61 Å². The highest BCUT2D eigenvalue weighted by molar-refractivity contribution is 9.10. The van der Waals surface area contributed by atoms with Gasteiger partial charge in [-0.25, -0.2) is 4.79 Å². The number of carboxylic acids is 1. The standard InChI is InChI=1S/C14H17BrClNO4/c1-2-3-4-11(14(19)20)17-13(18)8-21-12-6-5-9(16)7-10(12)15/h5-7,11H,2-4,8H2,1H3,(H,17,18)(H,19,20). The molecule has 21 heavy (non-hydrogen) atoms. The highest BCUT2D eigenvalue weighted by Gasteiger charge is 2.19. The van der Waals surface area contributed by atoms with Crippen LogP contribution in [0.4, 0.5) is 0 Å². The Morgan fingerprint density at radius 1 is 1.48 bits per heavy atom. The van der Waals surface area contributed by atoms with Gasteiger partial charge in [-0.2, -0.15) is 0 Å². The van der Waals surface area contributed by atoms with Crippen LogP contribution in [0.5, 0.6) is 5.75 Å². The SMILES string of the molecule is CCCCC(NC(=O)COc1ccc(Cl)cc1Br)C(=O)O. The molecule has 5 nitrogen and oxygen atoms in total. The van der Waals surface area contributed by atoms with Gasteiger partial charge in [-0.1, -0.05) is 31.4 Å². The average Bonchev–Trinajstić information content (AvgIpc) is 2.42. The number of hydrogen-bond donors (Lipinski definition) is 2. The summed E-state index contributed by atoms with van der Waals surface area (Å²) >= 11 is 9.07. The van der Waals surface area contributed by atoms with Crippen LogP contribution in [-0.4, -0.2) is 29.6 Å². The predicted octanol–water partition coefficient (Wildman–Crippen LogP) is 3.24. The number of halogens is 2. The average molecular weight is 379 g/mol. The van der Waals surface area contributed by atoms with Gasteiger partial charge < -0.3 is 15.2 Å². The van der Waals surface area contributed by atoms with Crippen molar-refractivity contribution in [2.24, 2.45) is 0 Å². The van der Waals surface area contributed by atoms with Crippen molar-refractivity contribution in [3.05, 3.63) is 27.7 Å². The molecule has 0 heterocycles. The Balaban J connectivity index is 2.50. The van der Waals surface area contributed by atoms with Gasteiger partial charge in [0, 0.05) is 5.02 Å². The van der Waals surface area contributed by atoms with Crippen LogP contribution in [0.1, 0.15) is 26.2 Å². The minimum Gasteiger partial charge on any atom is -0.483 e. The quantitative estimate of drug-likeness (QED) is 0.728. The minimum atomic E-state index is -1.04. The third kappa shape index (κ3) is 6.35. The normalized spacial score (nSPS) is 11.8. The van der Waals surface area contributed by atoms with E-state index in [-0.39, 0.29) is 6.61 Å². The fourth-order valence-electron chi connectivity index (χ4n) is 1.64. The summed E-state index contributed by atoms with van der Waals surface area (Å²) in [4.78, 5) is 22.8. The van der Waals surface area contributed by atoms with E-state index in [9.17, 15) is 9.59 Å². The maximum atomic E-state index is 11.7. The topological polar surface area (TPSA) is 75.6 Å². The van der Waals surface area contributed by atoms with Crippen molar-refractivity contribution in [1.29, 1.82) is 0 Å². The first-order valence-corrected chi connectivity index (χ1v) is 7.71. The summed E-state index contributed by atoms with van der Waals surface area (Å²) in [5.74, 6) is -1.04. The molecule has 0 radical (unpaired) electrons. The number of ether oxygens (including phenoxy) is 1. The van der Waals surface area contributed by atoms with E-state index in [2.05, 4.69) is 21.2 Å². The van der Waals surface area contributed by atoms with E-state index in [0.29, 0.717) is 21.7 Å². The lowest BCUT2D eigenvalue weighted by atomic mass is 10.1. The van der Waals surface area contributed by atoms with Crippen LogP contribution in [0.25, 0.3) is 0 Å². The third-order valence-electron chi connectivity index (χ3n) is 2.73. The number of rotatable bonds is 8. The first-order valence-electron chi connectivity index (χ1n) is 6.54. The van der Waals surface area contributed by atoms with E-state index in [1.54, 1.807) is 18.2 Å². The van der Waals surface area contributed by atoms with Gasteiger partial charge >= 0.3 is 5.97 Å². The molecule has 0 bridgehead atoms. The van der Waals surface area contributed by atoms with E-state index in [1.165, 1.54) is 0 Å². The summed E-state index contributed by atoms with van der Waals surface area (Å²) in [6.45, 7) is 1.71. The molecule has 1 aromatic rings. The molecular weight excluding hydrogens is 362 g/mol. The molecule has 0 aromatic heterocycles. The molecule has 116 valence electrons. The molecule has 0 spiro atoms. The Morgan fingerprint density at radius 3 is 2.76 bits per heavy atom. The molecule has 0 saturated heterocycles. The molecular formula is C14H17BrClNO4. The summed E-state index contributed by atoms with van der Waals surface area (Å²) in [6.07, 6.45) is 2.01. The van der Waals surface area contributed by atoms with Crippen LogP contribution in [0.2, 0.25) is 5.02 Å². The van der Waals surface area contributed by atoms with Crippen LogP contribution in [-0.2, 0) is 9.59 Å². The molecule has 0 fully saturated rings. The number of carbonyl (C=O) groups excluding carboxylic acids is 1. The Morgan fingerprint density at radius 2 is 2.19 bits per heavy atom. The summed E-state index contributed by atoms with van der Waals surface area (Å²) < 4.78 is 5.96. The van der Waals surface area contributed by atoms with Gasteiger partial charge in [0.15, 0.2) is 6.61 Å². The lowest BCUT2D eigenvalue weighted by Gasteiger charge is -2.14. The van der Waals surface area contributed by atoms with Gasteiger partial charge in [-0.3, -0.25) is 4.79 Å². The van der Waals surface area contributed by atoms with E-state index in [0.717, 1.165) is 12.8 Å². The number of benzene rings is 1. The minimum absolute atomic E-state index is 0.254. The molecule has 1 unspecified atom stereocenters. The van der Waals surface area contributed by atoms with Crippen LogP contribution < -0.4 is 10.1 Å². The predicted molar refractivity (Wildman–Crippen MR) is 83.7 cm³/mol. The molecule has 1 rings (SSSR count). The highest BCUT2D eigenvalue weighted by Crippen LogP contribution is 2.27. The Kier molecular flexibility index (Phi) is 7.53. The maximum Gasteiger partial charge on any atom is 0.326 e. The van der Waals surface area contributed by atoms with Crippen LogP contribution >= 0.6 is 27.5 Å². The second-order valence-corrected chi connectivity index (χ2v) is 5.75. The molecule has 1 aromatic carbocycles. The van der Waals surface area contributed by atoms with Crippen LogP contribution in [0.15, 0.2) is 22.7 Å². The molecule has 2 N–H and O–H groups in total. The molecule has 0 aliphatic heterocycles. The Labute approximate surface area is 136 Å². The smallest absolute Gasteiger partial charge is 0.326 e. The fourth-order valence-corrected chi connectivity index (χ4v) is 2.43.